The van der Waals surface area contributed by atoms with Crippen molar-refractivity contribution in [3.05, 3.63) is 57.6 Å². The molecule has 0 aromatic heterocycles. The molecule has 2 aromatic rings. The monoisotopic (exact) mass is 446 g/mol. The molecule has 3 heterocycles. The molecule has 3 aliphatic heterocycles. The SMILES string of the molecule is COc1cccc2c1OC1(CCOC(C)(C)C1)N1N=C(c3ccc(Cl)cc3Cl)CC21. The average Bonchev–Trinajstić information content (AvgIpc) is 3.13. The van der Waals surface area contributed by atoms with Crippen LogP contribution in [0.4, 0.5) is 0 Å². The highest BCUT2D eigenvalue weighted by Gasteiger charge is 2.55. The Kier molecular flexibility index (Phi) is 4.69. The van der Waals surface area contributed by atoms with Crippen LogP contribution in [0.15, 0.2) is 41.5 Å². The third-order valence-electron chi connectivity index (χ3n) is 6.14. The minimum atomic E-state index is -0.602. The summed E-state index contributed by atoms with van der Waals surface area (Å²) < 4.78 is 18.4. The Hall–Kier alpha value is -1.95. The zero-order valence-electron chi connectivity index (χ0n) is 17.2. The summed E-state index contributed by atoms with van der Waals surface area (Å²) in [6, 6.07) is 11.6. The van der Waals surface area contributed by atoms with Crippen molar-refractivity contribution in [3.63, 3.8) is 0 Å². The van der Waals surface area contributed by atoms with E-state index >= 15 is 0 Å². The van der Waals surface area contributed by atoms with E-state index in [0.29, 0.717) is 23.1 Å². The summed E-state index contributed by atoms with van der Waals surface area (Å²) in [7, 11) is 1.68. The molecule has 1 fully saturated rings. The predicted octanol–water partition coefficient (Wildman–Crippen LogP) is 5.83. The second-order valence-electron chi connectivity index (χ2n) is 8.70. The van der Waals surface area contributed by atoms with Crippen LogP contribution in [0.5, 0.6) is 11.5 Å². The lowest BCUT2D eigenvalue weighted by Crippen LogP contribution is -2.60. The molecule has 5 rings (SSSR count). The summed E-state index contributed by atoms with van der Waals surface area (Å²) in [5.74, 6) is 1.55. The molecule has 3 aliphatic rings. The van der Waals surface area contributed by atoms with E-state index in [0.717, 1.165) is 41.2 Å². The summed E-state index contributed by atoms with van der Waals surface area (Å²) in [6.45, 7) is 4.80. The van der Waals surface area contributed by atoms with Gasteiger partial charge in [-0.05, 0) is 32.0 Å². The number of rotatable bonds is 2. The zero-order chi connectivity index (χ0) is 21.1. The molecule has 2 aromatic carbocycles. The highest BCUT2D eigenvalue weighted by molar-refractivity contribution is 6.37. The minimum Gasteiger partial charge on any atom is -0.493 e. The van der Waals surface area contributed by atoms with E-state index in [-0.39, 0.29) is 11.6 Å². The van der Waals surface area contributed by atoms with Gasteiger partial charge in [-0.15, -0.1) is 0 Å². The van der Waals surface area contributed by atoms with Gasteiger partial charge in [0.05, 0.1) is 36.1 Å². The molecule has 0 radical (unpaired) electrons. The van der Waals surface area contributed by atoms with Crippen molar-refractivity contribution in [2.24, 2.45) is 5.10 Å². The van der Waals surface area contributed by atoms with Gasteiger partial charge in [-0.2, -0.15) is 5.10 Å². The predicted molar refractivity (Wildman–Crippen MR) is 118 cm³/mol. The number of hydrogen-bond acceptors (Lipinski definition) is 5. The summed E-state index contributed by atoms with van der Waals surface area (Å²) in [5, 5.41) is 8.42. The largest absolute Gasteiger partial charge is 0.493 e. The van der Waals surface area contributed by atoms with Gasteiger partial charge in [-0.1, -0.05) is 41.4 Å². The van der Waals surface area contributed by atoms with Crippen LogP contribution in [0.1, 0.15) is 50.3 Å². The molecule has 0 N–H and O–H groups in total. The Labute approximate surface area is 186 Å². The zero-order valence-corrected chi connectivity index (χ0v) is 18.8. The third kappa shape index (κ3) is 3.15. The molecule has 7 heteroatoms. The molecule has 5 nitrogen and oxygen atoms in total. The van der Waals surface area contributed by atoms with Gasteiger partial charge in [0, 0.05) is 35.4 Å². The molecule has 2 unspecified atom stereocenters. The smallest absolute Gasteiger partial charge is 0.203 e. The first kappa shape index (κ1) is 20.0. The lowest BCUT2D eigenvalue weighted by molar-refractivity contribution is -0.212. The van der Waals surface area contributed by atoms with Gasteiger partial charge in [0.25, 0.3) is 0 Å². The van der Waals surface area contributed by atoms with Crippen molar-refractivity contribution in [3.8, 4) is 11.5 Å². The summed E-state index contributed by atoms with van der Waals surface area (Å²) in [6.07, 6.45) is 2.14. The number of halogens is 2. The molecular weight excluding hydrogens is 423 g/mol. The first-order chi connectivity index (χ1) is 14.3. The summed E-state index contributed by atoms with van der Waals surface area (Å²) >= 11 is 12.6. The molecule has 1 saturated heterocycles. The van der Waals surface area contributed by atoms with E-state index in [1.807, 2.05) is 24.3 Å². The molecule has 158 valence electrons. The number of ether oxygens (including phenoxy) is 3. The number of hydrazone groups is 1. The van der Waals surface area contributed by atoms with Gasteiger partial charge < -0.3 is 14.2 Å². The fraction of sp³-hybridized carbons (Fsp3) is 0.435. The molecule has 30 heavy (non-hydrogen) atoms. The first-order valence-corrected chi connectivity index (χ1v) is 10.9. The lowest BCUT2D eigenvalue weighted by atomic mass is 9.86. The van der Waals surface area contributed by atoms with E-state index in [9.17, 15) is 0 Å². The molecule has 2 atom stereocenters. The maximum absolute atomic E-state index is 6.73. The van der Waals surface area contributed by atoms with Gasteiger partial charge >= 0.3 is 0 Å². The van der Waals surface area contributed by atoms with Crippen molar-refractivity contribution in [2.75, 3.05) is 13.7 Å². The Balaban J connectivity index is 1.64. The second kappa shape index (κ2) is 7.04. The van der Waals surface area contributed by atoms with Gasteiger partial charge in [-0.25, -0.2) is 5.01 Å². The van der Waals surface area contributed by atoms with Crippen molar-refractivity contribution in [1.29, 1.82) is 0 Å². The number of benzene rings is 2. The third-order valence-corrected chi connectivity index (χ3v) is 6.69. The summed E-state index contributed by atoms with van der Waals surface area (Å²) in [5.41, 5.74) is 1.99. The van der Waals surface area contributed by atoms with E-state index < -0.39 is 5.72 Å². The van der Waals surface area contributed by atoms with Crippen LogP contribution < -0.4 is 9.47 Å². The number of fused-ring (bicyclic) bond motifs is 4. The van der Waals surface area contributed by atoms with Gasteiger partial charge in [-0.3, -0.25) is 0 Å². The van der Waals surface area contributed by atoms with Crippen LogP contribution >= 0.6 is 23.2 Å². The van der Waals surface area contributed by atoms with Gasteiger partial charge in [0.1, 0.15) is 0 Å². The Morgan fingerprint density at radius 3 is 2.77 bits per heavy atom. The number of para-hydroxylation sites is 1. The quantitative estimate of drug-likeness (QED) is 0.581. The van der Waals surface area contributed by atoms with E-state index in [2.05, 4.69) is 24.9 Å². The Morgan fingerprint density at radius 1 is 1.20 bits per heavy atom. The highest BCUT2D eigenvalue weighted by Crippen LogP contribution is 2.54. The lowest BCUT2D eigenvalue weighted by Gasteiger charge is -2.52. The summed E-state index contributed by atoms with van der Waals surface area (Å²) in [4.78, 5) is 0. The minimum absolute atomic E-state index is 0.0412. The number of nitrogens with zero attached hydrogens (tertiary/aromatic N) is 2. The molecule has 0 aliphatic carbocycles. The Bertz CT molecular complexity index is 1040. The van der Waals surface area contributed by atoms with Crippen LogP contribution in [0, 0.1) is 0 Å². The van der Waals surface area contributed by atoms with Gasteiger partial charge in [0.2, 0.25) is 5.72 Å². The van der Waals surface area contributed by atoms with E-state index in [4.69, 9.17) is 42.5 Å². The van der Waals surface area contributed by atoms with Crippen LogP contribution in [0.25, 0.3) is 0 Å². The second-order valence-corrected chi connectivity index (χ2v) is 9.54. The fourth-order valence-corrected chi connectivity index (χ4v) is 5.41. The fourth-order valence-electron chi connectivity index (χ4n) is 4.89. The maximum atomic E-state index is 6.73. The van der Waals surface area contributed by atoms with Crippen molar-refractivity contribution >= 4 is 28.9 Å². The topological polar surface area (TPSA) is 43.3 Å². The Morgan fingerprint density at radius 2 is 2.03 bits per heavy atom. The van der Waals surface area contributed by atoms with Gasteiger partial charge in [0.15, 0.2) is 11.5 Å². The average molecular weight is 447 g/mol. The highest BCUT2D eigenvalue weighted by atomic mass is 35.5. The van der Waals surface area contributed by atoms with Crippen molar-refractivity contribution < 1.29 is 14.2 Å². The number of methoxy groups -OCH3 is 1. The molecule has 0 bridgehead atoms. The van der Waals surface area contributed by atoms with Crippen molar-refractivity contribution in [2.45, 2.75) is 50.5 Å². The van der Waals surface area contributed by atoms with Crippen LogP contribution in [0.2, 0.25) is 10.0 Å². The van der Waals surface area contributed by atoms with E-state index in [1.165, 1.54) is 0 Å². The van der Waals surface area contributed by atoms with E-state index in [1.54, 1.807) is 13.2 Å². The standard InChI is InChI=1S/C23H24Cl2N2O3/c1-22(2)13-23(9-10-29-22)27-19(16-5-4-6-20(28-3)21(16)30-23)12-18(26-27)15-8-7-14(24)11-17(15)25/h4-8,11,19H,9-10,12-13H2,1-3H3. The van der Waals surface area contributed by atoms with Crippen LogP contribution in [-0.4, -0.2) is 35.8 Å². The normalized spacial score (nSPS) is 26.6. The first-order valence-electron chi connectivity index (χ1n) is 10.1. The molecule has 1 spiro atoms. The van der Waals surface area contributed by atoms with Crippen molar-refractivity contribution in [1.82, 2.24) is 5.01 Å². The maximum Gasteiger partial charge on any atom is 0.203 e. The van der Waals surface area contributed by atoms with Crippen LogP contribution in [-0.2, 0) is 4.74 Å². The molecule has 0 amide bonds. The van der Waals surface area contributed by atoms with Crippen LogP contribution in [0.3, 0.4) is 0 Å². The number of hydrogen-bond donors (Lipinski definition) is 0. The molecule has 0 saturated carbocycles. The molecular formula is C23H24Cl2N2O3.